The molecule has 0 aromatic heterocycles. The van der Waals surface area contributed by atoms with Crippen molar-refractivity contribution in [2.75, 3.05) is 0 Å². The van der Waals surface area contributed by atoms with Crippen molar-refractivity contribution >= 4 is 0 Å². The van der Waals surface area contributed by atoms with Crippen LogP contribution in [-0.2, 0) is 88.8 Å². The zero-order valence-corrected chi connectivity index (χ0v) is 9.16. The first-order valence-corrected chi connectivity index (χ1v) is 0. The minimum absolute atomic E-state index is 0. The van der Waals surface area contributed by atoms with Crippen LogP contribution in [0.2, 0.25) is 0 Å². The van der Waals surface area contributed by atoms with Crippen LogP contribution in [-0.4, -0.2) is 0 Å². The molecule has 0 atom stereocenters. The predicted molar refractivity (Wildman–Crippen MR) is 0 cm³/mol. The van der Waals surface area contributed by atoms with Crippen LogP contribution in [0.15, 0.2) is 0 Å². The average Bonchev–Trinajstić information content (AvgIpc) is 0. The van der Waals surface area contributed by atoms with Crippen molar-refractivity contribution in [1.82, 2.24) is 0 Å². The van der Waals surface area contributed by atoms with Gasteiger partial charge in [-0.2, -0.15) is 0 Å². The van der Waals surface area contributed by atoms with E-state index in [0.29, 0.717) is 0 Å². The molecule has 0 aliphatic heterocycles. The monoisotopic (exact) mass is 409 g/mol. The van der Waals surface area contributed by atoms with Crippen LogP contribution in [0.4, 0.5) is 0 Å². The SMILES string of the molecule is [Co].[Cr].[Fe].[Ni].[W]. The summed E-state index contributed by atoms with van der Waals surface area (Å²) in [4.78, 5) is 0. The van der Waals surface area contributed by atoms with E-state index in [4.69, 9.17) is 0 Å². The molecule has 5 heavy (non-hydrogen) atoms. The maximum absolute atomic E-state index is 0. The molecule has 0 N–H and O–H groups in total. The normalized spacial score (nSPS) is 0. The van der Waals surface area contributed by atoms with E-state index >= 15 is 0 Å². The molecule has 0 nitrogen and oxygen atoms in total. The Bertz CT molecular complexity index is 11.6. The second-order valence-electron chi connectivity index (χ2n) is 0. The first-order valence-electron chi connectivity index (χ1n) is 0. The molecule has 0 amide bonds. The van der Waals surface area contributed by atoms with Crippen LogP contribution < -0.4 is 0 Å². The zero-order valence-electron chi connectivity index (χ0n) is 1.82. The predicted octanol–water partition coefficient (Wildman–Crippen LogP) is -0.0125. The Morgan fingerprint density at radius 2 is 1.00 bits per heavy atom. The third-order valence-corrected chi connectivity index (χ3v) is 0. The van der Waals surface area contributed by atoms with E-state index in [1.54, 1.807) is 0 Å². The summed E-state index contributed by atoms with van der Waals surface area (Å²) in [5.41, 5.74) is 0. The number of hydrogen-bond donors (Lipinski definition) is 0. The molecule has 0 saturated carbocycles. The Hall–Kier alpha value is 2.74. The van der Waals surface area contributed by atoms with Gasteiger partial charge in [-0.15, -0.1) is 0 Å². The second-order valence-corrected chi connectivity index (χ2v) is 0. The van der Waals surface area contributed by atoms with E-state index in [1.165, 1.54) is 0 Å². The van der Waals surface area contributed by atoms with Gasteiger partial charge >= 0.3 is 0 Å². The molecule has 0 aliphatic rings. The molecule has 0 bridgehead atoms. The summed E-state index contributed by atoms with van der Waals surface area (Å²) in [5, 5.41) is 0. The van der Waals surface area contributed by atoms with Crippen molar-refractivity contribution in [2.24, 2.45) is 0 Å². The summed E-state index contributed by atoms with van der Waals surface area (Å²) >= 11 is 0. The van der Waals surface area contributed by atoms with Gasteiger partial charge in [0.15, 0.2) is 0 Å². The molecule has 5 heteroatoms. The van der Waals surface area contributed by atoms with Crippen molar-refractivity contribution in [3.63, 3.8) is 0 Å². The van der Waals surface area contributed by atoms with E-state index in [2.05, 4.69) is 0 Å². The van der Waals surface area contributed by atoms with Gasteiger partial charge in [0.1, 0.15) is 0 Å². The van der Waals surface area contributed by atoms with Crippen LogP contribution in [0, 0.1) is 0 Å². The van der Waals surface area contributed by atoms with Crippen LogP contribution >= 0.6 is 0 Å². The molecule has 0 rings (SSSR count). The standard InChI is InChI=1S/Co.Cr.Fe.Ni.W. The number of hydrogen-bond acceptors (Lipinski definition) is 0. The van der Waals surface area contributed by atoms with Gasteiger partial charge in [-0.05, 0) is 0 Å². The Morgan fingerprint density at radius 3 is 1.00 bits per heavy atom. The third kappa shape index (κ3) is 20.2. The molecule has 0 unspecified atom stereocenters. The smallest absolute Gasteiger partial charge is 0 e. The topological polar surface area (TPSA) is 0 Å². The molecular formula is CoCrFeNiW. The van der Waals surface area contributed by atoms with Crippen molar-refractivity contribution < 1.29 is 88.8 Å². The minimum Gasteiger partial charge on any atom is 0 e. The van der Waals surface area contributed by atoms with Gasteiger partial charge in [0.05, 0.1) is 0 Å². The van der Waals surface area contributed by atoms with E-state index in [1.807, 2.05) is 0 Å². The van der Waals surface area contributed by atoms with Crippen molar-refractivity contribution in [3.8, 4) is 0 Å². The van der Waals surface area contributed by atoms with Gasteiger partial charge in [-0.3, -0.25) is 0 Å². The summed E-state index contributed by atoms with van der Waals surface area (Å²) in [6.07, 6.45) is 0. The molecule has 0 fully saturated rings. The van der Waals surface area contributed by atoms with Crippen LogP contribution in [0.3, 0.4) is 0 Å². The zero-order chi connectivity index (χ0) is 0. The van der Waals surface area contributed by atoms with Gasteiger partial charge in [-0.1, -0.05) is 0 Å². The van der Waals surface area contributed by atoms with E-state index in [9.17, 15) is 0 Å². The van der Waals surface area contributed by atoms with Crippen LogP contribution in [0.1, 0.15) is 0 Å². The molecule has 0 aromatic rings. The molecule has 0 spiro atoms. The first-order chi connectivity index (χ1) is 0. The van der Waals surface area contributed by atoms with Gasteiger partial charge < -0.3 is 0 Å². The Morgan fingerprint density at radius 1 is 1.00 bits per heavy atom. The Balaban J connectivity index is 0. The van der Waals surface area contributed by atoms with Gasteiger partial charge in [0, 0.05) is 88.8 Å². The van der Waals surface area contributed by atoms with Crippen molar-refractivity contribution in [2.45, 2.75) is 0 Å². The average molecular weight is 409 g/mol. The molecule has 0 saturated heterocycles. The van der Waals surface area contributed by atoms with E-state index in [-0.39, 0.29) is 88.8 Å². The van der Waals surface area contributed by atoms with Crippen molar-refractivity contribution in [3.05, 3.63) is 0 Å². The Labute approximate surface area is 87.6 Å². The third-order valence-electron chi connectivity index (χ3n) is 0. The van der Waals surface area contributed by atoms with E-state index in [0.717, 1.165) is 0 Å². The molecule has 1 radical (unpaired) electrons. The first kappa shape index (κ1) is 46.8. The summed E-state index contributed by atoms with van der Waals surface area (Å²) in [7, 11) is 0. The fourth-order valence-corrected chi connectivity index (χ4v) is 0. The van der Waals surface area contributed by atoms with Crippen LogP contribution in [0.25, 0.3) is 0 Å². The Kier molecular flexibility index (Phi) is 277. The maximum Gasteiger partial charge on any atom is 0 e. The maximum atomic E-state index is 0. The quantitative estimate of drug-likeness (QED) is 0.494. The van der Waals surface area contributed by atoms with Crippen molar-refractivity contribution in [1.29, 1.82) is 0 Å². The largest absolute Gasteiger partial charge is 0 e. The molecule has 0 aliphatic carbocycles. The molecule has 0 heterocycles. The van der Waals surface area contributed by atoms with Gasteiger partial charge in [0.2, 0.25) is 0 Å². The van der Waals surface area contributed by atoms with Gasteiger partial charge in [-0.25, -0.2) is 0 Å². The minimum atomic E-state index is 0. The summed E-state index contributed by atoms with van der Waals surface area (Å²) < 4.78 is 0. The number of rotatable bonds is 0. The summed E-state index contributed by atoms with van der Waals surface area (Å²) in [6, 6.07) is 0. The molecule has 39 valence electrons. The molecule has 0 aromatic carbocycles. The van der Waals surface area contributed by atoms with Crippen LogP contribution in [0.5, 0.6) is 0 Å². The fraction of sp³-hybridized carbons (Fsp3) is 0. The van der Waals surface area contributed by atoms with E-state index < -0.39 is 0 Å². The second kappa shape index (κ2) is 29.6. The summed E-state index contributed by atoms with van der Waals surface area (Å²) in [5.74, 6) is 0. The van der Waals surface area contributed by atoms with Gasteiger partial charge in [0.25, 0.3) is 0 Å². The molecular weight excluding hydrogens is 409 g/mol. The summed E-state index contributed by atoms with van der Waals surface area (Å²) in [6.45, 7) is 0. The fourth-order valence-electron chi connectivity index (χ4n) is 0.